The summed E-state index contributed by atoms with van der Waals surface area (Å²) in [4.78, 5) is 4.19. The molecule has 0 unspecified atom stereocenters. The molecule has 0 aliphatic heterocycles. The van der Waals surface area contributed by atoms with Gasteiger partial charge < -0.3 is 0 Å². The van der Waals surface area contributed by atoms with E-state index in [0.717, 1.165) is 24.1 Å². The third kappa shape index (κ3) is 3.83. The molecule has 0 spiro atoms. The van der Waals surface area contributed by atoms with E-state index < -0.39 is 10.0 Å². The molecule has 0 radical (unpaired) electrons. The zero-order valence-corrected chi connectivity index (χ0v) is 15.2. The summed E-state index contributed by atoms with van der Waals surface area (Å²) in [5.74, 6) is 0.106. The fourth-order valence-electron chi connectivity index (χ4n) is 2.70. The molecule has 0 saturated carbocycles. The summed E-state index contributed by atoms with van der Waals surface area (Å²) in [5.41, 5.74) is 2.86. The van der Waals surface area contributed by atoms with Crippen molar-refractivity contribution >= 4 is 21.4 Å². The summed E-state index contributed by atoms with van der Waals surface area (Å²) in [6.45, 7) is 2.03. The summed E-state index contributed by atoms with van der Waals surface area (Å²) in [5, 5.41) is 13.3. The van der Waals surface area contributed by atoms with Gasteiger partial charge in [0.2, 0.25) is 10.0 Å². The molecule has 0 saturated heterocycles. The molecule has 0 aliphatic rings. The maximum atomic E-state index is 12.2. The van der Waals surface area contributed by atoms with E-state index in [0.29, 0.717) is 23.3 Å². The molecular formula is C18H19N5O2S. The van der Waals surface area contributed by atoms with E-state index in [4.69, 9.17) is 5.26 Å². The van der Waals surface area contributed by atoms with E-state index in [1.54, 1.807) is 35.0 Å². The summed E-state index contributed by atoms with van der Waals surface area (Å²) in [6.07, 6.45) is 5.57. The van der Waals surface area contributed by atoms with Crippen molar-refractivity contribution in [3.05, 3.63) is 48.3 Å². The zero-order chi connectivity index (χ0) is 18.6. The Morgan fingerprint density at radius 2 is 2.12 bits per heavy atom. The van der Waals surface area contributed by atoms with Crippen molar-refractivity contribution in [3.8, 4) is 17.3 Å². The summed E-state index contributed by atoms with van der Waals surface area (Å²) >= 11 is 0. The lowest BCUT2D eigenvalue weighted by Crippen LogP contribution is -2.16. The predicted molar refractivity (Wildman–Crippen MR) is 100 cm³/mol. The second-order valence-corrected chi connectivity index (χ2v) is 7.79. The molecule has 0 bridgehead atoms. The average molecular weight is 369 g/mol. The Morgan fingerprint density at radius 1 is 1.27 bits per heavy atom. The number of anilines is 1. The van der Waals surface area contributed by atoms with Crippen LogP contribution in [-0.4, -0.2) is 28.8 Å². The van der Waals surface area contributed by atoms with Gasteiger partial charge in [0.05, 0.1) is 17.6 Å². The van der Waals surface area contributed by atoms with Gasteiger partial charge in [-0.05, 0) is 24.6 Å². The van der Waals surface area contributed by atoms with Crippen LogP contribution in [-0.2, 0) is 10.0 Å². The first-order valence-electron chi connectivity index (χ1n) is 8.38. The minimum absolute atomic E-state index is 0.106. The molecule has 7 nitrogen and oxygen atoms in total. The fourth-order valence-corrected chi connectivity index (χ4v) is 3.88. The van der Waals surface area contributed by atoms with E-state index >= 15 is 0 Å². The highest BCUT2D eigenvalue weighted by Gasteiger charge is 2.13. The molecule has 0 fully saturated rings. The van der Waals surface area contributed by atoms with Gasteiger partial charge in [0.15, 0.2) is 5.65 Å². The van der Waals surface area contributed by atoms with Crippen LogP contribution in [0.15, 0.2) is 42.7 Å². The molecule has 134 valence electrons. The monoisotopic (exact) mass is 369 g/mol. The van der Waals surface area contributed by atoms with Crippen molar-refractivity contribution in [2.75, 3.05) is 10.5 Å². The lowest BCUT2D eigenvalue weighted by molar-refractivity contribution is 0.596. The third-order valence-electron chi connectivity index (χ3n) is 3.97. The molecule has 2 heterocycles. The van der Waals surface area contributed by atoms with E-state index in [9.17, 15) is 8.42 Å². The van der Waals surface area contributed by atoms with Crippen molar-refractivity contribution in [1.82, 2.24) is 14.6 Å². The fraction of sp³-hybridized carbons (Fsp3) is 0.278. The van der Waals surface area contributed by atoms with Gasteiger partial charge in [-0.15, -0.1) is 0 Å². The molecule has 0 amide bonds. The highest BCUT2D eigenvalue weighted by molar-refractivity contribution is 7.92. The minimum atomic E-state index is -3.38. The Hall–Kier alpha value is -2.92. The number of unbranched alkanes of at least 4 members (excludes halogenated alkanes) is 2. The number of hydrogen-bond donors (Lipinski definition) is 1. The number of aromatic nitrogens is 3. The highest BCUT2D eigenvalue weighted by Crippen LogP contribution is 2.24. The molecule has 1 N–H and O–H groups in total. The molecular weight excluding hydrogens is 350 g/mol. The molecule has 3 rings (SSSR count). The van der Waals surface area contributed by atoms with Crippen molar-refractivity contribution in [2.45, 2.75) is 26.2 Å². The van der Waals surface area contributed by atoms with Crippen molar-refractivity contribution in [2.24, 2.45) is 0 Å². The first-order chi connectivity index (χ1) is 12.5. The number of sulfonamides is 1. The van der Waals surface area contributed by atoms with Crippen LogP contribution in [0.25, 0.3) is 16.9 Å². The summed E-state index contributed by atoms with van der Waals surface area (Å²) in [6, 6.07) is 10.9. The van der Waals surface area contributed by atoms with E-state index in [2.05, 4.69) is 20.9 Å². The normalized spacial score (nSPS) is 11.4. The van der Waals surface area contributed by atoms with Gasteiger partial charge in [-0.1, -0.05) is 31.9 Å². The Labute approximate surface area is 152 Å². The molecule has 0 atom stereocenters. The van der Waals surface area contributed by atoms with Gasteiger partial charge >= 0.3 is 0 Å². The third-order valence-corrected chi connectivity index (χ3v) is 5.34. The van der Waals surface area contributed by atoms with Gasteiger partial charge in [-0.3, -0.25) is 4.72 Å². The summed E-state index contributed by atoms with van der Waals surface area (Å²) < 4.78 is 28.6. The van der Waals surface area contributed by atoms with Gasteiger partial charge in [0.1, 0.15) is 11.6 Å². The summed E-state index contributed by atoms with van der Waals surface area (Å²) in [7, 11) is -3.38. The first-order valence-corrected chi connectivity index (χ1v) is 10.0. The number of nitrogens with one attached hydrogen (secondary N) is 1. The average Bonchev–Trinajstić information content (AvgIpc) is 3.05. The van der Waals surface area contributed by atoms with Crippen LogP contribution in [0, 0.1) is 11.3 Å². The Balaban J connectivity index is 1.91. The molecule has 2 aromatic heterocycles. The largest absolute Gasteiger partial charge is 0.284 e. The Kier molecular flexibility index (Phi) is 5.19. The quantitative estimate of drug-likeness (QED) is 0.645. The first kappa shape index (κ1) is 17.9. The Bertz CT molecular complexity index is 1070. The molecule has 26 heavy (non-hydrogen) atoms. The van der Waals surface area contributed by atoms with Crippen LogP contribution in [0.5, 0.6) is 0 Å². The maximum absolute atomic E-state index is 12.2. The smallest absolute Gasteiger partial charge is 0.232 e. The SMILES string of the molecule is CCCCCS(=O)(=O)Nc1cccc(-c2ccnc3c(C#N)cnn23)c1. The Morgan fingerprint density at radius 3 is 2.88 bits per heavy atom. The molecule has 1 aromatic carbocycles. The van der Waals surface area contributed by atoms with Crippen LogP contribution >= 0.6 is 0 Å². The number of hydrogen-bond acceptors (Lipinski definition) is 5. The molecule has 3 aromatic rings. The van der Waals surface area contributed by atoms with Gasteiger partial charge in [0.25, 0.3) is 0 Å². The van der Waals surface area contributed by atoms with Gasteiger partial charge in [0, 0.05) is 17.4 Å². The standard InChI is InChI=1S/C18H19N5O2S/c1-2-3-4-10-26(24,25)22-16-7-5-6-14(11-16)17-8-9-20-18-15(12-19)13-21-23(17)18/h5-9,11,13,22H,2-4,10H2,1H3. The van der Waals surface area contributed by atoms with Crippen molar-refractivity contribution < 1.29 is 8.42 Å². The van der Waals surface area contributed by atoms with E-state index in [1.807, 2.05) is 13.0 Å². The predicted octanol–water partition coefficient (Wildman–Crippen LogP) is 3.20. The van der Waals surface area contributed by atoms with Crippen molar-refractivity contribution in [1.29, 1.82) is 5.26 Å². The lowest BCUT2D eigenvalue weighted by atomic mass is 10.1. The highest BCUT2D eigenvalue weighted by atomic mass is 32.2. The zero-order valence-electron chi connectivity index (χ0n) is 14.4. The van der Waals surface area contributed by atoms with Crippen LogP contribution in [0.1, 0.15) is 31.7 Å². The van der Waals surface area contributed by atoms with Crippen LogP contribution in [0.2, 0.25) is 0 Å². The molecule has 8 heteroatoms. The number of rotatable bonds is 7. The number of fused-ring (bicyclic) bond motifs is 1. The molecule has 0 aliphatic carbocycles. The van der Waals surface area contributed by atoms with Crippen molar-refractivity contribution in [3.63, 3.8) is 0 Å². The second kappa shape index (κ2) is 7.54. The second-order valence-electron chi connectivity index (χ2n) is 5.94. The minimum Gasteiger partial charge on any atom is -0.284 e. The van der Waals surface area contributed by atoms with Gasteiger partial charge in [-0.25, -0.2) is 17.9 Å². The number of nitriles is 1. The number of benzene rings is 1. The van der Waals surface area contributed by atoms with E-state index in [-0.39, 0.29) is 5.75 Å². The van der Waals surface area contributed by atoms with Crippen LogP contribution < -0.4 is 4.72 Å². The van der Waals surface area contributed by atoms with Crippen LogP contribution in [0.3, 0.4) is 0 Å². The lowest BCUT2D eigenvalue weighted by Gasteiger charge is -2.10. The topological polar surface area (TPSA) is 100 Å². The maximum Gasteiger partial charge on any atom is 0.232 e. The van der Waals surface area contributed by atoms with Gasteiger partial charge in [-0.2, -0.15) is 10.4 Å². The number of nitrogens with zero attached hydrogens (tertiary/aromatic N) is 4. The van der Waals surface area contributed by atoms with E-state index in [1.165, 1.54) is 6.20 Å². The van der Waals surface area contributed by atoms with Crippen LogP contribution in [0.4, 0.5) is 5.69 Å².